The highest BCUT2D eigenvalue weighted by Gasteiger charge is 2.09. The molecule has 0 atom stereocenters. The molecule has 3 amide bonds. The Kier molecular flexibility index (Phi) is 6.61. The lowest BCUT2D eigenvalue weighted by atomic mass is 10.1. The van der Waals surface area contributed by atoms with Crippen molar-refractivity contribution < 1.29 is 14.0 Å². The Morgan fingerprint density at radius 1 is 1.04 bits per heavy atom. The quantitative estimate of drug-likeness (QED) is 0.683. The summed E-state index contributed by atoms with van der Waals surface area (Å²) in [7, 11) is 0. The molecule has 3 N–H and O–H groups in total. The molecule has 0 aromatic heterocycles. The van der Waals surface area contributed by atoms with Gasteiger partial charge in [0, 0.05) is 23.7 Å². The Hall–Kier alpha value is -2.31. The number of carbonyl (C=O) groups excluding carboxylic acids is 2. The SMILES string of the molecule is Cc1ccc(C(=O)NCCNC(=O)Nc2cc(Cl)ccc2Cl)cc1F. The third-order valence-corrected chi connectivity index (χ3v) is 3.87. The molecule has 0 aliphatic rings. The second-order valence-corrected chi connectivity index (χ2v) is 6.07. The lowest BCUT2D eigenvalue weighted by Crippen LogP contribution is -2.36. The Morgan fingerprint density at radius 3 is 2.48 bits per heavy atom. The number of benzene rings is 2. The van der Waals surface area contributed by atoms with Gasteiger partial charge in [0.1, 0.15) is 5.82 Å². The van der Waals surface area contributed by atoms with Gasteiger partial charge in [-0.15, -0.1) is 0 Å². The van der Waals surface area contributed by atoms with Gasteiger partial charge in [-0.05, 0) is 42.8 Å². The highest BCUT2D eigenvalue weighted by molar-refractivity contribution is 6.35. The van der Waals surface area contributed by atoms with Crippen molar-refractivity contribution in [3.8, 4) is 0 Å². The molecule has 0 radical (unpaired) electrons. The monoisotopic (exact) mass is 383 g/mol. The Balaban J connectivity index is 1.76. The Labute approximate surface area is 154 Å². The second-order valence-electron chi connectivity index (χ2n) is 5.22. The maximum absolute atomic E-state index is 13.4. The summed E-state index contributed by atoms with van der Waals surface area (Å²) in [5.74, 6) is -0.859. The number of urea groups is 1. The van der Waals surface area contributed by atoms with Crippen LogP contribution in [-0.2, 0) is 0 Å². The molecule has 8 heteroatoms. The summed E-state index contributed by atoms with van der Waals surface area (Å²) < 4.78 is 13.4. The molecule has 0 saturated carbocycles. The van der Waals surface area contributed by atoms with E-state index in [0.717, 1.165) is 0 Å². The van der Waals surface area contributed by atoms with E-state index < -0.39 is 17.8 Å². The number of halogens is 3. The first-order valence-electron chi connectivity index (χ1n) is 7.41. The normalized spacial score (nSPS) is 10.2. The number of hydrogen-bond acceptors (Lipinski definition) is 2. The summed E-state index contributed by atoms with van der Waals surface area (Å²) in [4.78, 5) is 23.7. The van der Waals surface area contributed by atoms with Crippen molar-refractivity contribution in [2.24, 2.45) is 0 Å². The van der Waals surface area contributed by atoms with E-state index in [2.05, 4.69) is 16.0 Å². The van der Waals surface area contributed by atoms with Gasteiger partial charge in [-0.2, -0.15) is 0 Å². The van der Waals surface area contributed by atoms with E-state index >= 15 is 0 Å². The van der Waals surface area contributed by atoms with Crippen molar-refractivity contribution in [1.82, 2.24) is 10.6 Å². The minimum absolute atomic E-state index is 0.185. The van der Waals surface area contributed by atoms with Gasteiger partial charge >= 0.3 is 6.03 Å². The molecule has 2 rings (SSSR count). The van der Waals surface area contributed by atoms with E-state index in [9.17, 15) is 14.0 Å². The van der Waals surface area contributed by atoms with Crippen LogP contribution in [0.1, 0.15) is 15.9 Å². The highest BCUT2D eigenvalue weighted by atomic mass is 35.5. The third-order valence-electron chi connectivity index (χ3n) is 3.31. The van der Waals surface area contributed by atoms with Gasteiger partial charge in [0.2, 0.25) is 0 Å². The molecule has 0 heterocycles. The Bertz CT molecular complexity index is 799. The number of nitrogens with one attached hydrogen (secondary N) is 3. The molecule has 0 aliphatic carbocycles. The number of amides is 3. The largest absolute Gasteiger partial charge is 0.350 e. The fraction of sp³-hybridized carbons (Fsp3) is 0.176. The smallest absolute Gasteiger partial charge is 0.319 e. The second kappa shape index (κ2) is 8.69. The molecule has 0 saturated heterocycles. The zero-order valence-corrected chi connectivity index (χ0v) is 14.8. The zero-order chi connectivity index (χ0) is 18.4. The molecule has 0 bridgehead atoms. The maximum atomic E-state index is 13.4. The third kappa shape index (κ3) is 5.62. The summed E-state index contributed by atoms with van der Waals surface area (Å²) in [6.07, 6.45) is 0. The van der Waals surface area contributed by atoms with Crippen molar-refractivity contribution >= 4 is 40.8 Å². The topological polar surface area (TPSA) is 70.2 Å². The standard InChI is InChI=1S/C17H16Cl2FN3O2/c1-10-2-3-11(8-14(10)20)16(24)21-6-7-22-17(25)23-15-9-12(18)4-5-13(15)19/h2-5,8-9H,6-7H2,1H3,(H,21,24)(H2,22,23,25). The van der Waals surface area contributed by atoms with Gasteiger partial charge < -0.3 is 16.0 Å². The summed E-state index contributed by atoms with van der Waals surface area (Å²) >= 11 is 11.8. The van der Waals surface area contributed by atoms with Gasteiger partial charge in [0.05, 0.1) is 10.7 Å². The first-order valence-corrected chi connectivity index (χ1v) is 8.16. The van der Waals surface area contributed by atoms with Crippen molar-refractivity contribution in [2.75, 3.05) is 18.4 Å². The first kappa shape index (κ1) is 19.0. The summed E-state index contributed by atoms with van der Waals surface area (Å²) in [6.45, 7) is 1.99. The van der Waals surface area contributed by atoms with E-state index in [-0.39, 0.29) is 18.7 Å². The number of carbonyl (C=O) groups is 2. The Morgan fingerprint density at radius 2 is 1.76 bits per heavy atom. The van der Waals surface area contributed by atoms with Crippen LogP contribution in [-0.4, -0.2) is 25.0 Å². The fourth-order valence-electron chi connectivity index (χ4n) is 1.95. The summed E-state index contributed by atoms with van der Waals surface area (Å²) in [5.41, 5.74) is 1.07. The van der Waals surface area contributed by atoms with Gasteiger partial charge in [0.15, 0.2) is 0 Å². The molecule has 5 nitrogen and oxygen atoms in total. The van der Waals surface area contributed by atoms with Crippen LogP contribution in [0, 0.1) is 12.7 Å². The molecule has 2 aromatic rings. The van der Waals surface area contributed by atoms with E-state index in [1.54, 1.807) is 19.1 Å². The minimum atomic E-state index is -0.486. The molecule has 0 unspecified atom stereocenters. The lowest BCUT2D eigenvalue weighted by Gasteiger charge is -2.10. The predicted molar refractivity (Wildman–Crippen MR) is 97.0 cm³/mol. The maximum Gasteiger partial charge on any atom is 0.319 e. The van der Waals surface area contributed by atoms with Crippen molar-refractivity contribution in [2.45, 2.75) is 6.92 Å². The van der Waals surface area contributed by atoms with Gasteiger partial charge in [0.25, 0.3) is 5.91 Å². The van der Waals surface area contributed by atoms with E-state index in [1.165, 1.54) is 24.3 Å². The number of rotatable bonds is 5. The van der Waals surface area contributed by atoms with Crippen LogP contribution in [0.2, 0.25) is 10.0 Å². The van der Waals surface area contributed by atoms with E-state index in [1.807, 2.05) is 0 Å². The molecule has 0 aliphatic heterocycles. The first-order chi connectivity index (χ1) is 11.9. The van der Waals surface area contributed by atoms with Crippen molar-refractivity contribution in [3.05, 3.63) is 63.4 Å². The lowest BCUT2D eigenvalue weighted by molar-refractivity contribution is 0.0953. The van der Waals surface area contributed by atoms with Crippen LogP contribution in [0.5, 0.6) is 0 Å². The zero-order valence-electron chi connectivity index (χ0n) is 13.3. The average molecular weight is 384 g/mol. The van der Waals surface area contributed by atoms with Gasteiger partial charge in [-0.1, -0.05) is 29.3 Å². The number of anilines is 1. The van der Waals surface area contributed by atoms with Crippen LogP contribution in [0.25, 0.3) is 0 Å². The summed E-state index contributed by atoms with van der Waals surface area (Å²) in [5, 5.41) is 8.51. The van der Waals surface area contributed by atoms with Crippen LogP contribution in [0.3, 0.4) is 0 Å². The van der Waals surface area contributed by atoms with Crippen LogP contribution in [0.15, 0.2) is 36.4 Å². The summed E-state index contributed by atoms with van der Waals surface area (Å²) in [6, 6.07) is 8.46. The minimum Gasteiger partial charge on any atom is -0.350 e. The van der Waals surface area contributed by atoms with Crippen molar-refractivity contribution in [3.63, 3.8) is 0 Å². The molecule has 0 fully saturated rings. The van der Waals surface area contributed by atoms with E-state index in [4.69, 9.17) is 23.2 Å². The van der Waals surface area contributed by atoms with E-state index in [0.29, 0.717) is 21.3 Å². The number of hydrogen-bond donors (Lipinski definition) is 3. The van der Waals surface area contributed by atoms with Crippen LogP contribution in [0.4, 0.5) is 14.9 Å². The van der Waals surface area contributed by atoms with Gasteiger partial charge in [-0.25, -0.2) is 9.18 Å². The molecule has 0 spiro atoms. The molecule has 2 aromatic carbocycles. The molecular weight excluding hydrogens is 368 g/mol. The highest BCUT2D eigenvalue weighted by Crippen LogP contribution is 2.25. The molecular formula is C17H16Cl2FN3O2. The van der Waals surface area contributed by atoms with Crippen LogP contribution < -0.4 is 16.0 Å². The average Bonchev–Trinajstić information content (AvgIpc) is 2.57. The molecule has 25 heavy (non-hydrogen) atoms. The van der Waals surface area contributed by atoms with Crippen LogP contribution >= 0.6 is 23.2 Å². The van der Waals surface area contributed by atoms with Crippen molar-refractivity contribution in [1.29, 1.82) is 0 Å². The number of aryl methyl sites for hydroxylation is 1. The fourth-order valence-corrected chi connectivity index (χ4v) is 2.28. The van der Waals surface area contributed by atoms with Gasteiger partial charge in [-0.3, -0.25) is 4.79 Å². The molecule has 132 valence electrons. The predicted octanol–water partition coefficient (Wildman–Crippen LogP) is 3.99.